The SMILES string of the molecule is COc1ccc([C@@H](CCNCc2ccccc2)[C@@H]2CCOC(C)(C)C2)cc1. The molecule has 0 spiro atoms. The highest BCUT2D eigenvalue weighted by atomic mass is 16.5. The van der Waals surface area contributed by atoms with Crippen molar-refractivity contribution in [2.45, 2.75) is 51.2 Å². The fraction of sp³-hybridized carbons (Fsp3) is 0.500. The third-order valence-corrected chi connectivity index (χ3v) is 5.65. The van der Waals surface area contributed by atoms with E-state index >= 15 is 0 Å². The molecule has 0 unspecified atom stereocenters. The minimum absolute atomic E-state index is 0.0227. The van der Waals surface area contributed by atoms with Gasteiger partial charge in [0.05, 0.1) is 12.7 Å². The van der Waals surface area contributed by atoms with Gasteiger partial charge in [0, 0.05) is 13.2 Å². The van der Waals surface area contributed by atoms with Crippen molar-refractivity contribution in [2.75, 3.05) is 20.3 Å². The molecule has 1 fully saturated rings. The number of methoxy groups -OCH3 is 1. The zero-order chi connectivity index (χ0) is 19.1. The summed E-state index contributed by atoms with van der Waals surface area (Å²) in [6.45, 7) is 7.25. The topological polar surface area (TPSA) is 30.5 Å². The molecule has 0 amide bonds. The Bertz CT molecular complexity index is 681. The molecule has 146 valence electrons. The van der Waals surface area contributed by atoms with Crippen LogP contribution in [0.25, 0.3) is 0 Å². The highest BCUT2D eigenvalue weighted by Gasteiger charge is 2.33. The third kappa shape index (κ3) is 5.82. The van der Waals surface area contributed by atoms with Crippen LogP contribution in [0.4, 0.5) is 0 Å². The molecule has 3 heteroatoms. The Kier molecular flexibility index (Phi) is 6.92. The zero-order valence-electron chi connectivity index (χ0n) is 16.9. The minimum atomic E-state index is -0.0227. The molecule has 1 N–H and O–H groups in total. The molecule has 0 radical (unpaired) electrons. The molecular weight excluding hydrogens is 334 g/mol. The first kappa shape index (κ1) is 19.9. The molecule has 0 bridgehead atoms. The zero-order valence-corrected chi connectivity index (χ0v) is 16.9. The number of ether oxygens (including phenoxy) is 2. The van der Waals surface area contributed by atoms with Crippen molar-refractivity contribution in [2.24, 2.45) is 5.92 Å². The smallest absolute Gasteiger partial charge is 0.118 e. The van der Waals surface area contributed by atoms with E-state index in [1.807, 2.05) is 0 Å². The third-order valence-electron chi connectivity index (χ3n) is 5.65. The monoisotopic (exact) mass is 367 g/mol. The molecule has 0 saturated carbocycles. The van der Waals surface area contributed by atoms with E-state index < -0.39 is 0 Å². The van der Waals surface area contributed by atoms with Crippen LogP contribution in [0.1, 0.15) is 50.2 Å². The van der Waals surface area contributed by atoms with Gasteiger partial charge in [0.15, 0.2) is 0 Å². The summed E-state index contributed by atoms with van der Waals surface area (Å²) in [6.07, 6.45) is 3.39. The highest BCUT2D eigenvalue weighted by Crippen LogP contribution is 2.40. The molecular formula is C24H33NO2. The van der Waals surface area contributed by atoms with E-state index in [0.717, 1.165) is 44.7 Å². The molecule has 3 nitrogen and oxygen atoms in total. The van der Waals surface area contributed by atoms with Crippen LogP contribution in [0.5, 0.6) is 5.75 Å². The second-order valence-corrected chi connectivity index (χ2v) is 8.19. The van der Waals surface area contributed by atoms with E-state index in [0.29, 0.717) is 11.8 Å². The fourth-order valence-corrected chi connectivity index (χ4v) is 4.23. The summed E-state index contributed by atoms with van der Waals surface area (Å²) in [5, 5.41) is 3.63. The van der Waals surface area contributed by atoms with Gasteiger partial charge in [-0.25, -0.2) is 0 Å². The van der Waals surface area contributed by atoms with Crippen molar-refractivity contribution >= 4 is 0 Å². The fourth-order valence-electron chi connectivity index (χ4n) is 4.23. The summed E-state index contributed by atoms with van der Waals surface area (Å²) in [5.41, 5.74) is 2.73. The van der Waals surface area contributed by atoms with E-state index in [1.54, 1.807) is 7.11 Å². The van der Waals surface area contributed by atoms with E-state index in [1.165, 1.54) is 11.1 Å². The van der Waals surface area contributed by atoms with E-state index in [-0.39, 0.29) is 5.60 Å². The molecule has 1 saturated heterocycles. The Balaban J connectivity index is 1.65. The van der Waals surface area contributed by atoms with Crippen molar-refractivity contribution in [3.8, 4) is 5.75 Å². The summed E-state index contributed by atoms with van der Waals surface area (Å²) >= 11 is 0. The molecule has 27 heavy (non-hydrogen) atoms. The second-order valence-electron chi connectivity index (χ2n) is 8.19. The molecule has 0 aliphatic carbocycles. The number of hydrogen-bond donors (Lipinski definition) is 1. The Morgan fingerprint density at radius 1 is 1.11 bits per heavy atom. The summed E-state index contributed by atoms with van der Waals surface area (Å²) in [7, 11) is 1.72. The maximum absolute atomic E-state index is 5.97. The Hall–Kier alpha value is -1.84. The summed E-state index contributed by atoms with van der Waals surface area (Å²) in [6, 6.07) is 19.3. The van der Waals surface area contributed by atoms with Gasteiger partial charge in [-0.15, -0.1) is 0 Å². The van der Waals surface area contributed by atoms with Crippen LogP contribution in [-0.2, 0) is 11.3 Å². The highest BCUT2D eigenvalue weighted by molar-refractivity contribution is 5.30. The largest absolute Gasteiger partial charge is 0.497 e. The van der Waals surface area contributed by atoms with Crippen LogP contribution in [0, 0.1) is 5.92 Å². The maximum atomic E-state index is 5.97. The lowest BCUT2D eigenvalue weighted by atomic mass is 9.75. The van der Waals surface area contributed by atoms with Crippen molar-refractivity contribution in [1.29, 1.82) is 0 Å². The average Bonchev–Trinajstić information content (AvgIpc) is 2.68. The summed E-state index contributed by atoms with van der Waals surface area (Å²) < 4.78 is 11.3. The standard InChI is InChI=1S/C24H33NO2/c1-24(2)17-21(14-16-27-24)23(20-9-11-22(26-3)12-10-20)13-15-25-18-19-7-5-4-6-8-19/h4-12,21,23,25H,13-18H2,1-3H3/t21-,23-/m1/s1. The molecule has 1 aliphatic rings. The van der Waals surface area contributed by atoms with Gasteiger partial charge in [-0.1, -0.05) is 42.5 Å². The van der Waals surface area contributed by atoms with Crippen LogP contribution in [0.3, 0.4) is 0 Å². The molecule has 3 rings (SSSR count). The first-order chi connectivity index (χ1) is 13.1. The van der Waals surface area contributed by atoms with Gasteiger partial charge in [-0.05, 0) is 74.8 Å². The lowest BCUT2D eigenvalue weighted by Crippen LogP contribution is -2.36. The van der Waals surface area contributed by atoms with E-state index in [4.69, 9.17) is 9.47 Å². The first-order valence-corrected chi connectivity index (χ1v) is 10.1. The predicted octanol–water partition coefficient (Wildman–Crippen LogP) is 5.16. The van der Waals surface area contributed by atoms with Gasteiger partial charge < -0.3 is 14.8 Å². The molecule has 1 aliphatic heterocycles. The number of hydrogen-bond acceptors (Lipinski definition) is 3. The van der Waals surface area contributed by atoms with Gasteiger partial charge in [0.2, 0.25) is 0 Å². The quantitative estimate of drug-likeness (QED) is 0.654. The molecule has 1 heterocycles. The van der Waals surface area contributed by atoms with Gasteiger partial charge in [0.1, 0.15) is 5.75 Å². The van der Waals surface area contributed by atoms with Gasteiger partial charge >= 0.3 is 0 Å². The predicted molar refractivity (Wildman–Crippen MR) is 111 cm³/mol. The van der Waals surface area contributed by atoms with Crippen LogP contribution in [0.2, 0.25) is 0 Å². The van der Waals surface area contributed by atoms with E-state index in [2.05, 4.69) is 73.8 Å². The Labute approximate surface area is 164 Å². The van der Waals surface area contributed by atoms with Crippen LogP contribution in [-0.4, -0.2) is 25.9 Å². The van der Waals surface area contributed by atoms with Crippen molar-refractivity contribution in [3.63, 3.8) is 0 Å². The van der Waals surface area contributed by atoms with E-state index in [9.17, 15) is 0 Å². The molecule has 2 aromatic carbocycles. The second kappa shape index (κ2) is 9.38. The minimum Gasteiger partial charge on any atom is -0.497 e. The Morgan fingerprint density at radius 2 is 1.85 bits per heavy atom. The Morgan fingerprint density at radius 3 is 2.52 bits per heavy atom. The van der Waals surface area contributed by atoms with Crippen molar-refractivity contribution in [1.82, 2.24) is 5.32 Å². The number of nitrogens with one attached hydrogen (secondary N) is 1. The van der Waals surface area contributed by atoms with Gasteiger partial charge in [0.25, 0.3) is 0 Å². The molecule has 2 atom stereocenters. The number of rotatable bonds is 8. The first-order valence-electron chi connectivity index (χ1n) is 10.1. The normalized spacial score (nSPS) is 20.2. The van der Waals surface area contributed by atoms with Crippen molar-refractivity contribution < 1.29 is 9.47 Å². The average molecular weight is 368 g/mol. The van der Waals surface area contributed by atoms with Gasteiger partial charge in [-0.2, -0.15) is 0 Å². The lowest BCUT2D eigenvalue weighted by molar-refractivity contribution is -0.0771. The maximum Gasteiger partial charge on any atom is 0.118 e. The lowest BCUT2D eigenvalue weighted by Gasteiger charge is -2.39. The van der Waals surface area contributed by atoms with Crippen molar-refractivity contribution in [3.05, 3.63) is 65.7 Å². The summed E-state index contributed by atoms with van der Waals surface area (Å²) in [5.74, 6) is 2.12. The number of benzene rings is 2. The molecule has 0 aromatic heterocycles. The van der Waals surface area contributed by atoms with Crippen LogP contribution >= 0.6 is 0 Å². The van der Waals surface area contributed by atoms with Crippen LogP contribution in [0.15, 0.2) is 54.6 Å². The molecule has 2 aromatic rings. The van der Waals surface area contributed by atoms with Crippen LogP contribution < -0.4 is 10.1 Å². The van der Waals surface area contributed by atoms with Gasteiger partial charge in [-0.3, -0.25) is 0 Å². The summed E-state index contributed by atoms with van der Waals surface area (Å²) in [4.78, 5) is 0.